The van der Waals surface area contributed by atoms with Crippen molar-refractivity contribution in [3.63, 3.8) is 0 Å². The summed E-state index contributed by atoms with van der Waals surface area (Å²) in [6.45, 7) is 5.83. The summed E-state index contributed by atoms with van der Waals surface area (Å²) in [7, 11) is 0. The second-order valence-corrected chi connectivity index (χ2v) is 4.24. The average Bonchev–Trinajstić information content (AvgIpc) is 2.84. The second-order valence-electron chi connectivity index (χ2n) is 3.30. The fourth-order valence-corrected chi connectivity index (χ4v) is 2.02. The molecule has 4 nitrogen and oxygen atoms in total. The molecule has 0 atom stereocenters. The lowest BCUT2D eigenvalue weighted by atomic mass is 10.4. The van der Waals surface area contributed by atoms with Crippen LogP contribution in [0.3, 0.4) is 0 Å². The molecule has 2 aromatic rings. The van der Waals surface area contributed by atoms with E-state index in [2.05, 4.69) is 22.3 Å². The van der Waals surface area contributed by atoms with Crippen LogP contribution in [0.4, 0.5) is 5.69 Å². The number of aryl methyl sites for hydroxylation is 2. The fraction of sp³-hybridized carbons (Fsp3) is 0.400. The van der Waals surface area contributed by atoms with Crippen molar-refractivity contribution in [1.82, 2.24) is 14.8 Å². The summed E-state index contributed by atoms with van der Waals surface area (Å²) in [5.74, 6) is 0. The highest BCUT2D eigenvalue weighted by Gasteiger charge is 2.01. The first-order valence-electron chi connectivity index (χ1n) is 4.95. The SMILES string of the molecule is CCn1cc(NCc2scnc2C)cn1. The van der Waals surface area contributed by atoms with Crippen LogP contribution < -0.4 is 5.32 Å². The van der Waals surface area contributed by atoms with Gasteiger partial charge in [0, 0.05) is 17.6 Å². The molecule has 0 fully saturated rings. The first-order chi connectivity index (χ1) is 7.29. The highest BCUT2D eigenvalue weighted by atomic mass is 32.1. The van der Waals surface area contributed by atoms with Gasteiger partial charge in [-0.3, -0.25) is 4.68 Å². The van der Waals surface area contributed by atoms with E-state index in [4.69, 9.17) is 0 Å². The van der Waals surface area contributed by atoms with E-state index in [0.29, 0.717) is 0 Å². The Bertz CT molecular complexity index is 432. The first-order valence-corrected chi connectivity index (χ1v) is 5.83. The molecular weight excluding hydrogens is 208 g/mol. The summed E-state index contributed by atoms with van der Waals surface area (Å²) in [4.78, 5) is 5.49. The smallest absolute Gasteiger partial charge is 0.0798 e. The van der Waals surface area contributed by atoms with Gasteiger partial charge in [-0.15, -0.1) is 11.3 Å². The highest BCUT2D eigenvalue weighted by Crippen LogP contribution is 2.14. The molecule has 1 N–H and O–H groups in total. The Labute approximate surface area is 93.0 Å². The van der Waals surface area contributed by atoms with Crippen LogP contribution in [0.25, 0.3) is 0 Å². The minimum absolute atomic E-state index is 0.825. The molecule has 0 radical (unpaired) electrons. The van der Waals surface area contributed by atoms with Crippen molar-refractivity contribution in [2.24, 2.45) is 0 Å². The summed E-state index contributed by atoms with van der Waals surface area (Å²) in [5, 5.41) is 7.53. The van der Waals surface area contributed by atoms with Crippen molar-refractivity contribution >= 4 is 17.0 Å². The molecule has 0 saturated heterocycles. The van der Waals surface area contributed by atoms with E-state index in [1.165, 1.54) is 4.88 Å². The molecule has 5 heteroatoms. The molecule has 80 valence electrons. The van der Waals surface area contributed by atoms with Crippen molar-refractivity contribution in [1.29, 1.82) is 0 Å². The van der Waals surface area contributed by atoms with Gasteiger partial charge in [-0.25, -0.2) is 4.98 Å². The zero-order chi connectivity index (χ0) is 10.7. The van der Waals surface area contributed by atoms with Crippen LogP contribution in [0.1, 0.15) is 17.5 Å². The van der Waals surface area contributed by atoms with E-state index in [1.807, 2.05) is 29.5 Å². The first kappa shape index (κ1) is 10.2. The summed E-state index contributed by atoms with van der Waals surface area (Å²) in [6, 6.07) is 0. The maximum Gasteiger partial charge on any atom is 0.0798 e. The predicted octanol–water partition coefficient (Wildman–Crippen LogP) is 2.28. The van der Waals surface area contributed by atoms with Gasteiger partial charge in [-0.1, -0.05) is 0 Å². The molecule has 0 unspecified atom stereocenters. The molecule has 2 heterocycles. The van der Waals surface area contributed by atoms with Gasteiger partial charge in [0.1, 0.15) is 0 Å². The molecule has 0 aromatic carbocycles. The Hall–Kier alpha value is -1.36. The van der Waals surface area contributed by atoms with Crippen molar-refractivity contribution in [2.75, 3.05) is 5.32 Å². The van der Waals surface area contributed by atoms with E-state index < -0.39 is 0 Å². The maximum absolute atomic E-state index is 4.21. The zero-order valence-corrected chi connectivity index (χ0v) is 9.71. The predicted molar refractivity (Wildman–Crippen MR) is 62.1 cm³/mol. The van der Waals surface area contributed by atoms with Crippen molar-refractivity contribution in [2.45, 2.75) is 26.9 Å². The minimum Gasteiger partial charge on any atom is -0.378 e. The molecule has 0 aliphatic carbocycles. The third-order valence-electron chi connectivity index (χ3n) is 2.26. The van der Waals surface area contributed by atoms with Gasteiger partial charge in [0.2, 0.25) is 0 Å². The lowest BCUT2D eigenvalue weighted by Gasteiger charge is -2.01. The van der Waals surface area contributed by atoms with Crippen LogP contribution in [0.15, 0.2) is 17.9 Å². The molecule has 0 amide bonds. The van der Waals surface area contributed by atoms with Crippen molar-refractivity contribution in [3.8, 4) is 0 Å². The summed E-state index contributed by atoms with van der Waals surface area (Å²) >= 11 is 1.68. The second kappa shape index (κ2) is 4.44. The topological polar surface area (TPSA) is 42.7 Å². The Morgan fingerprint density at radius 3 is 3.00 bits per heavy atom. The number of nitrogens with one attached hydrogen (secondary N) is 1. The lowest BCUT2D eigenvalue weighted by Crippen LogP contribution is -1.98. The number of hydrogen-bond donors (Lipinski definition) is 1. The van der Waals surface area contributed by atoms with Gasteiger partial charge < -0.3 is 5.32 Å². The summed E-state index contributed by atoms with van der Waals surface area (Å²) in [6.07, 6.45) is 3.86. The Kier molecular flexibility index (Phi) is 3.01. The molecule has 0 aliphatic heterocycles. The maximum atomic E-state index is 4.21. The average molecular weight is 222 g/mol. The van der Waals surface area contributed by atoms with Crippen LogP contribution in [0.5, 0.6) is 0 Å². The minimum atomic E-state index is 0.825. The van der Waals surface area contributed by atoms with Crippen LogP contribution in [-0.2, 0) is 13.1 Å². The van der Waals surface area contributed by atoms with E-state index in [1.54, 1.807) is 11.3 Å². The summed E-state index contributed by atoms with van der Waals surface area (Å²) in [5.41, 5.74) is 4.04. The Balaban J connectivity index is 1.96. The van der Waals surface area contributed by atoms with Crippen LogP contribution in [0, 0.1) is 6.92 Å². The standard InChI is InChI=1S/C10H14N4S/c1-3-14-6-9(4-13-14)11-5-10-8(2)12-7-15-10/h4,6-7,11H,3,5H2,1-2H3. The van der Waals surface area contributed by atoms with Crippen molar-refractivity contribution in [3.05, 3.63) is 28.5 Å². The quantitative estimate of drug-likeness (QED) is 0.863. The Morgan fingerprint density at radius 2 is 2.40 bits per heavy atom. The number of hydrogen-bond acceptors (Lipinski definition) is 4. The number of rotatable bonds is 4. The highest BCUT2D eigenvalue weighted by molar-refractivity contribution is 7.09. The largest absolute Gasteiger partial charge is 0.378 e. The molecule has 0 spiro atoms. The van der Waals surface area contributed by atoms with Crippen LogP contribution in [-0.4, -0.2) is 14.8 Å². The van der Waals surface area contributed by atoms with Gasteiger partial charge in [-0.05, 0) is 13.8 Å². The molecule has 2 aromatic heterocycles. The number of nitrogens with zero attached hydrogens (tertiary/aromatic N) is 3. The van der Waals surface area contributed by atoms with Gasteiger partial charge in [0.15, 0.2) is 0 Å². The number of anilines is 1. The van der Waals surface area contributed by atoms with E-state index in [0.717, 1.165) is 24.5 Å². The van der Waals surface area contributed by atoms with Gasteiger partial charge in [0.05, 0.1) is 29.6 Å². The third kappa shape index (κ3) is 2.36. The van der Waals surface area contributed by atoms with Gasteiger partial charge >= 0.3 is 0 Å². The van der Waals surface area contributed by atoms with E-state index in [-0.39, 0.29) is 0 Å². The van der Waals surface area contributed by atoms with Gasteiger partial charge in [-0.2, -0.15) is 5.10 Å². The molecule has 0 bridgehead atoms. The molecule has 2 rings (SSSR count). The van der Waals surface area contributed by atoms with E-state index in [9.17, 15) is 0 Å². The summed E-state index contributed by atoms with van der Waals surface area (Å²) < 4.78 is 1.90. The van der Waals surface area contributed by atoms with E-state index >= 15 is 0 Å². The van der Waals surface area contributed by atoms with Crippen molar-refractivity contribution < 1.29 is 0 Å². The lowest BCUT2D eigenvalue weighted by molar-refractivity contribution is 0.660. The fourth-order valence-electron chi connectivity index (χ4n) is 1.31. The normalized spacial score (nSPS) is 10.5. The van der Waals surface area contributed by atoms with Gasteiger partial charge in [0.25, 0.3) is 0 Å². The Morgan fingerprint density at radius 1 is 1.53 bits per heavy atom. The molecule has 0 saturated carbocycles. The monoisotopic (exact) mass is 222 g/mol. The molecular formula is C10H14N4S. The molecule has 0 aliphatic rings. The zero-order valence-electron chi connectivity index (χ0n) is 8.90. The number of aromatic nitrogens is 3. The van der Waals surface area contributed by atoms with Crippen LogP contribution >= 0.6 is 11.3 Å². The van der Waals surface area contributed by atoms with Crippen LogP contribution in [0.2, 0.25) is 0 Å². The number of thiazole rings is 1. The molecule has 15 heavy (non-hydrogen) atoms. The third-order valence-corrected chi connectivity index (χ3v) is 3.19.